The van der Waals surface area contributed by atoms with E-state index in [1.807, 2.05) is 60.7 Å². The maximum absolute atomic E-state index is 12.7. The van der Waals surface area contributed by atoms with Gasteiger partial charge in [0.2, 0.25) is 23.6 Å². The highest BCUT2D eigenvalue weighted by molar-refractivity contribution is 6.08. The third-order valence-corrected chi connectivity index (χ3v) is 5.26. The van der Waals surface area contributed by atoms with Crippen LogP contribution in [0.1, 0.15) is 24.0 Å². The predicted molar refractivity (Wildman–Crippen MR) is 104 cm³/mol. The van der Waals surface area contributed by atoms with Crippen molar-refractivity contribution < 1.29 is 19.2 Å². The molecule has 0 aliphatic carbocycles. The van der Waals surface area contributed by atoms with Gasteiger partial charge in [0.05, 0.1) is 38.0 Å². The van der Waals surface area contributed by atoms with E-state index in [-0.39, 0.29) is 49.6 Å². The van der Waals surface area contributed by atoms with Gasteiger partial charge >= 0.3 is 0 Å². The molecule has 7 nitrogen and oxygen atoms in total. The highest BCUT2D eigenvalue weighted by atomic mass is 16.2. The molecular formula is C22H21N3O4. The Bertz CT molecular complexity index is 868. The molecule has 7 heteroatoms. The smallest absolute Gasteiger partial charge is 0.247 e. The van der Waals surface area contributed by atoms with E-state index >= 15 is 0 Å². The standard InChI is InChI=1S/C22H21N3O4/c26-19-11-17(21(28)24(19)13-15-7-3-1-4-8-15)23-18-12-20(27)25(22(18)29)14-16-9-5-2-6-10-16/h1-10,17-18,23H,11-14H2/t17-,18+. The minimum Gasteiger partial charge on any atom is -0.294 e. The fourth-order valence-corrected chi connectivity index (χ4v) is 3.73. The van der Waals surface area contributed by atoms with Gasteiger partial charge in [-0.2, -0.15) is 0 Å². The van der Waals surface area contributed by atoms with Crippen LogP contribution in [-0.4, -0.2) is 45.5 Å². The van der Waals surface area contributed by atoms with Crippen molar-refractivity contribution in [1.82, 2.24) is 15.1 Å². The zero-order valence-electron chi connectivity index (χ0n) is 15.8. The molecule has 2 fully saturated rings. The number of hydrogen-bond acceptors (Lipinski definition) is 5. The molecule has 2 aromatic rings. The van der Waals surface area contributed by atoms with E-state index in [0.717, 1.165) is 11.1 Å². The Hall–Kier alpha value is -3.32. The molecule has 148 valence electrons. The van der Waals surface area contributed by atoms with E-state index in [2.05, 4.69) is 5.32 Å². The molecule has 2 aliphatic heterocycles. The van der Waals surface area contributed by atoms with Crippen molar-refractivity contribution >= 4 is 23.6 Å². The van der Waals surface area contributed by atoms with Gasteiger partial charge in [0.25, 0.3) is 0 Å². The minimum atomic E-state index is -0.787. The van der Waals surface area contributed by atoms with Crippen LogP contribution in [0.3, 0.4) is 0 Å². The second-order valence-electron chi connectivity index (χ2n) is 7.29. The number of nitrogens with one attached hydrogen (secondary N) is 1. The molecule has 1 N–H and O–H groups in total. The lowest BCUT2D eigenvalue weighted by Gasteiger charge is -2.18. The van der Waals surface area contributed by atoms with Gasteiger partial charge in [-0.1, -0.05) is 60.7 Å². The molecule has 29 heavy (non-hydrogen) atoms. The molecule has 0 aromatic heterocycles. The molecule has 2 aromatic carbocycles. The number of nitrogens with zero attached hydrogens (tertiary/aromatic N) is 2. The van der Waals surface area contributed by atoms with Crippen LogP contribution in [0.4, 0.5) is 0 Å². The number of carbonyl (C=O) groups excluding carboxylic acids is 4. The molecule has 2 aliphatic rings. The van der Waals surface area contributed by atoms with E-state index in [1.54, 1.807) is 0 Å². The van der Waals surface area contributed by atoms with Crippen LogP contribution in [-0.2, 0) is 32.3 Å². The zero-order chi connectivity index (χ0) is 20.4. The van der Waals surface area contributed by atoms with Gasteiger partial charge in [0, 0.05) is 0 Å². The first-order chi connectivity index (χ1) is 14.0. The van der Waals surface area contributed by atoms with Gasteiger partial charge in [0.15, 0.2) is 0 Å². The average Bonchev–Trinajstić information content (AvgIpc) is 3.14. The topological polar surface area (TPSA) is 86.8 Å². The molecule has 0 radical (unpaired) electrons. The lowest BCUT2D eigenvalue weighted by Crippen LogP contribution is -2.47. The van der Waals surface area contributed by atoms with Crippen molar-refractivity contribution in [2.45, 2.75) is 38.0 Å². The second-order valence-corrected chi connectivity index (χ2v) is 7.29. The van der Waals surface area contributed by atoms with Crippen molar-refractivity contribution in [2.24, 2.45) is 0 Å². The van der Waals surface area contributed by atoms with Crippen LogP contribution >= 0.6 is 0 Å². The van der Waals surface area contributed by atoms with Gasteiger partial charge in [0.1, 0.15) is 0 Å². The third kappa shape index (κ3) is 3.95. The van der Waals surface area contributed by atoms with Crippen molar-refractivity contribution in [3.63, 3.8) is 0 Å². The summed E-state index contributed by atoms with van der Waals surface area (Å²) >= 11 is 0. The Morgan fingerprint density at radius 1 is 0.655 bits per heavy atom. The number of imide groups is 2. The van der Waals surface area contributed by atoms with Gasteiger partial charge in [-0.05, 0) is 11.1 Å². The van der Waals surface area contributed by atoms with Gasteiger partial charge in [-0.15, -0.1) is 0 Å². The van der Waals surface area contributed by atoms with Crippen LogP contribution in [0, 0.1) is 0 Å². The molecule has 0 unspecified atom stereocenters. The average molecular weight is 391 g/mol. The number of amides is 4. The first-order valence-corrected chi connectivity index (χ1v) is 9.55. The summed E-state index contributed by atoms with van der Waals surface area (Å²) < 4.78 is 0. The lowest BCUT2D eigenvalue weighted by molar-refractivity contribution is -0.140. The molecule has 2 saturated heterocycles. The van der Waals surface area contributed by atoms with Gasteiger partial charge < -0.3 is 0 Å². The first kappa shape index (κ1) is 19.0. The Labute approximate surface area is 168 Å². The van der Waals surface area contributed by atoms with Crippen molar-refractivity contribution in [3.05, 3.63) is 71.8 Å². The highest BCUT2D eigenvalue weighted by Crippen LogP contribution is 2.21. The van der Waals surface area contributed by atoms with E-state index in [4.69, 9.17) is 0 Å². The fourth-order valence-electron chi connectivity index (χ4n) is 3.73. The first-order valence-electron chi connectivity index (χ1n) is 9.55. The Balaban J connectivity index is 1.40. The van der Waals surface area contributed by atoms with Crippen molar-refractivity contribution in [1.29, 1.82) is 0 Å². The monoisotopic (exact) mass is 391 g/mol. The molecule has 2 atom stereocenters. The number of hydrogen-bond donors (Lipinski definition) is 1. The number of rotatable bonds is 6. The second kappa shape index (κ2) is 7.97. The van der Waals surface area contributed by atoms with Crippen molar-refractivity contribution in [2.75, 3.05) is 0 Å². The zero-order valence-corrected chi connectivity index (χ0v) is 15.8. The van der Waals surface area contributed by atoms with Crippen LogP contribution in [0.25, 0.3) is 0 Å². The third-order valence-electron chi connectivity index (χ3n) is 5.26. The Kier molecular flexibility index (Phi) is 5.22. The molecule has 0 spiro atoms. The molecule has 4 amide bonds. The normalized spacial score (nSPS) is 22.1. The van der Waals surface area contributed by atoms with E-state index in [0.29, 0.717) is 0 Å². The summed E-state index contributed by atoms with van der Waals surface area (Å²) in [4.78, 5) is 52.5. The summed E-state index contributed by atoms with van der Waals surface area (Å²) in [5, 5.41) is 2.95. The van der Waals surface area contributed by atoms with E-state index in [1.165, 1.54) is 9.80 Å². The molecule has 2 heterocycles. The summed E-state index contributed by atoms with van der Waals surface area (Å²) in [6.45, 7) is 0.405. The minimum absolute atomic E-state index is 0.0116. The fraction of sp³-hybridized carbons (Fsp3) is 0.273. The maximum Gasteiger partial charge on any atom is 0.247 e. The highest BCUT2D eigenvalue weighted by Gasteiger charge is 2.44. The van der Waals surface area contributed by atoms with Gasteiger partial charge in [-0.3, -0.25) is 34.3 Å². The number of likely N-dealkylation sites (tertiary alicyclic amines) is 2. The summed E-state index contributed by atoms with van der Waals surface area (Å²) in [7, 11) is 0. The molecule has 4 rings (SSSR count). The Morgan fingerprint density at radius 3 is 1.41 bits per heavy atom. The predicted octanol–water partition coefficient (Wildman–Crippen LogP) is 1.23. The Morgan fingerprint density at radius 2 is 1.03 bits per heavy atom. The van der Waals surface area contributed by atoms with Crippen molar-refractivity contribution in [3.8, 4) is 0 Å². The van der Waals surface area contributed by atoms with Crippen LogP contribution in [0.2, 0.25) is 0 Å². The van der Waals surface area contributed by atoms with E-state index in [9.17, 15) is 19.2 Å². The number of benzene rings is 2. The van der Waals surface area contributed by atoms with Crippen LogP contribution in [0.15, 0.2) is 60.7 Å². The summed E-state index contributed by atoms with van der Waals surface area (Å²) in [6, 6.07) is 16.9. The SMILES string of the molecule is O=C1C[C@H](N[C@@H]2CC(=O)N(Cc3ccccc3)C2=O)C(=O)N1Cc1ccccc1. The summed E-state index contributed by atoms with van der Waals surface area (Å²) in [5.74, 6) is -1.29. The van der Waals surface area contributed by atoms with Crippen LogP contribution in [0.5, 0.6) is 0 Å². The molecule has 0 saturated carbocycles. The van der Waals surface area contributed by atoms with Crippen LogP contribution < -0.4 is 5.32 Å². The maximum atomic E-state index is 12.7. The molecular weight excluding hydrogens is 370 g/mol. The largest absolute Gasteiger partial charge is 0.294 e. The quantitative estimate of drug-likeness (QED) is 0.749. The summed E-state index contributed by atoms with van der Waals surface area (Å²) in [6.07, 6.45) is -0.0232. The number of carbonyl (C=O) groups is 4. The van der Waals surface area contributed by atoms with Gasteiger partial charge in [-0.25, -0.2) is 0 Å². The molecule has 0 bridgehead atoms. The van der Waals surface area contributed by atoms with E-state index < -0.39 is 12.1 Å². The lowest BCUT2D eigenvalue weighted by atomic mass is 10.1. The summed E-state index contributed by atoms with van der Waals surface area (Å²) in [5.41, 5.74) is 1.71.